The van der Waals surface area contributed by atoms with Crippen LogP contribution in [-0.4, -0.2) is 18.1 Å². The van der Waals surface area contributed by atoms with Gasteiger partial charge in [-0.3, -0.25) is 0 Å². The molecule has 3 heteroatoms. The van der Waals surface area contributed by atoms with E-state index in [1.807, 2.05) is 0 Å². The van der Waals surface area contributed by atoms with Gasteiger partial charge >= 0.3 is 0 Å². The normalized spacial score (nSPS) is 11.7. The van der Waals surface area contributed by atoms with Crippen molar-refractivity contribution in [1.82, 2.24) is 0 Å². The van der Waals surface area contributed by atoms with Crippen LogP contribution in [0, 0.1) is 0 Å². The highest BCUT2D eigenvalue weighted by Gasteiger charge is 1.88. The molecule has 0 aliphatic heterocycles. The van der Waals surface area contributed by atoms with E-state index in [1.54, 1.807) is 6.04 Å². The van der Waals surface area contributed by atoms with Crippen molar-refractivity contribution in [2.24, 2.45) is 0 Å². The van der Waals surface area contributed by atoms with Crippen LogP contribution in [-0.2, 0) is 0 Å². The van der Waals surface area contributed by atoms with Gasteiger partial charge in [0, 0.05) is 0 Å². The Labute approximate surface area is 74.1 Å². The molecule has 62 valence electrons. The first-order valence-corrected chi connectivity index (χ1v) is 11.0. The quantitative estimate of drug-likeness (QED) is 0.435. The molecule has 0 radical (unpaired) electrons. The molecule has 0 saturated carbocycles. The molecular formula is C7H20SSi2. The molecule has 0 bridgehead atoms. The van der Waals surface area contributed by atoms with Crippen LogP contribution in [0.2, 0.25) is 6.04 Å². The average molecular weight is 192 g/mol. The fourth-order valence-corrected chi connectivity index (χ4v) is 5.95. The SMILES string of the molecule is CCCCCCC[SiH2]S[SiH3]. The van der Waals surface area contributed by atoms with Crippen molar-refractivity contribution < 1.29 is 0 Å². The third kappa shape index (κ3) is 8.78. The summed E-state index contributed by atoms with van der Waals surface area (Å²) < 4.78 is 0. The zero-order chi connectivity index (χ0) is 7.66. The van der Waals surface area contributed by atoms with Crippen molar-refractivity contribution in [3.63, 3.8) is 0 Å². The zero-order valence-corrected chi connectivity index (χ0v) is 11.6. The second-order valence-electron chi connectivity index (χ2n) is 2.76. The fourth-order valence-electron chi connectivity index (χ4n) is 1.03. The fraction of sp³-hybridized carbons (Fsp3) is 1.00. The number of unbranched alkanes of at least 4 members (excludes halogenated alkanes) is 4. The molecular weight excluding hydrogens is 172 g/mol. The Kier molecular flexibility index (Phi) is 10.6. The van der Waals surface area contributed by atoms with Gasteiger partial charge in [-0.05, 0) is 0 Å². The third-order valence-electron chi connectivity index (χ3n) is 1.70. The average Bonchev–Trinajstić information content (AvgIpc) is 1.97. The van der Waals surface area contributed by atoms with Gasteiger partial charge in [0.05, 0.1) is 18.1 Å². The van der Waals surface area contributed by atoms with Crippen LogP contribution < -0.4 is 0 Å². The zero-order valence-electron chi connectivity index (χ0n) is 7.36. The Morgan fingerprint density at radius 1 is 1.20 bits per heavy atom. The second kappa shape index (κ2) is 9.78. The monoisotopic (exact) mass is 192 g/mol. The highest BCUT2D eigenvalue weighted by Crippen LogP contribution is 2.06. The number of hydrogen-bond acceptors (Lipinski definition) is 1. The first kappa shape index (κ1) is 10.8. The lowest BCUT2D eigenvalue weighted by Crippen LogP contribution is -1.83. The van der Waals surface area contributed by atoms with Crippen LogP contribution >= 0.6 is 10.7 Å². The van der Waals surface area contributed by atoms with Crippen molar-refractivity contribution in [1.29, 1.82) is 0 Å². The number of hydrogen-bond donors (Lipinski definition) is 0. The van der Waals surface area contributed by atoms with Crippen molar-refractivity contribution in [2.75, 3.05) is 0 Å². The summed E-state index contributed by atoms with van der Waals surface area (Å²) in [5, 5.41) is 0. The molecule has 0 aromatic rings. The standard InChI is InChI=1S/C7H20SSi2/c1-2-3-4-5-6-7-10-8-9/h2-7,10H2,1,9H3. The highest BCUT2D eigenvalue weighted by molar-refractivity contribution is 8.38. The maximum atomic E-state index is 2.28. The summed E-state index contributed by atoms with van der Waals surface area (Å²) in [6.07, 6.45) is 7.35. The van der Waals surface area contributed by atoms with Gasteiger partial charge in [0.25, 0.3) is 0 Å². The molecule has 0 atom stereocenters. The van der Waals surface area contributed by atoms with Gasteiger partial charge in [0.1, 0.15) is 0 Å². The van der Waals surface area contributed by atoms with Gasteiger partial charge in [-0.2, -0.15) is 0 Å². The van der Waals surface area contributed by atoms with E-state index >= 15 is 0 Å². The Bertz CT molecular complexity index is 51.6. The minimum atomic E-state index is 0.366. The van der Waals surface area contributed by atoms with Crippen molar-refractivity contribution in [3.8, 4) is 0 Å². The van der Waals surface area contributed by atoms with Gasteiger partial charge in [-0.1, -0.05) is 45.1 Å². The molecule has 0 saturated heterocycles. The largest absolute Gasteiger partial charge is 0.225 e. The van der Waals surface area contributed by atoms with E-state index in [1.165, 1.54) is 41.5 Å². The summed E-state index contributed by atoms with van der Waals surface area (Å²) in [5.74, 6) is 0. The molecule has 0 heterocycles. The summed E-state index contributed by atoms with van der Waals surface area (Å²) in [6, 6.07) is 1.60. The highest BCUT2D eigenvalue weighted by atomic mass is 32.5. The van der Waals surface area contributed by atoms with Gasteiger partial charge < -0.3 is 0 Å². The van der Waals surface area contributed by atoms with Crippen molar-refractivity contribution in [2.45, 2.75) is 45.1 Å². The van der Waals surface area contributed by atoms with Gasteiger partial charge in [0.2, 0.25) is 0 Å². The molecule has 10 heavy (non-hydrogen) atoms. The van der Waals surface area contributed by atoms with Crippen LogP contribution in [0.15, 0.2) is 0 Å². The Hall–Kier alpha value is 0.784. The molecule has 0 aromatic carbocycles. The van der Waals surface area contributed by atoms with Crippen molar-refractivity contribution >= 4 is 28.7 Å². The maximum absolute atomic E-state index is 2.28. The predicted molar refractivity (Wildman–Crippen MR) is 59.6 cm³/mol. The summed E-state index contributed by atoms with van der Waals surface area (Å²) >= 11 is 0. The lowest BCUT2D eigenvalue weighted by atomic mass is 10.2. The molecule has 0 spiro atoms. The Morgan fingerprint density at radius 3 is 2.50 bits per heavy atom. The van der Waals surface area contributed by atoms with E-state index in [-0.39, 0.29) is 0 Å². The molecule has 0 N–H and O–H groups in total. The van der Waals surface area contributed by atoms with E-state index < -0.39 is 0 Å². The summed E-state index contributed by atoms with van der Waals surface area (Å²) in [6.45, 7) is 2.28. The third-order valence-corrected chi connectivity index (χ3v) is 8.66. The molecule has 0 rings (SSSR count). The van der Waals surface area contributed by atoms with E-state index in [9.17, 15) is 0 Å². The number of rotatable bonds is 7. The Balaban J connectivity index is 2.65. The van der Waals surface area contributed by atoms with E-state index in [2.05, 4.69) is 17.6 Å². The van der Waals surface area contributed by atoms with Crippen LogP contribution in [0.5, 0.6) is 0 Å². The Morgan fingerprint density at radius 2 is 1.90 bits per heavy atom. The molecule has 0 aliphatic rings. The van der Waals surface area contributed by atoms with Crippen LogP contribution in [0.4, 0.5) is 0 Å². The molecule has 0 aliphatic carbocycles. The van der Waals surface area contributed by atoms with Crippen LogP contribution in [0.1, 0.15) is 39.0 Å². The minimum Gasteiger partial charge on any atom is -0.225 e. The van der Waals surface area contributed by atoms with E-state index in [0.717, 1.165) is 0 Å². The minimum absolute atomic E-state index is 0.366. The molecule has 0 unspecified atom stereocenters. The lowest BCUT2D eigenvalue weighted by molar-refractivity contribution is 0.656. The summed E-state index contributed by atoms with van der Waals surface area (Å²) in [5.41, 5.74) is 0. The summed E-state index contributed by atoms with van der Waals surface area (Å²) in [4.78, 5) is 0. The smallest absolute Gasteiger partial charge is 0.0768 e. The lowest BCUT2D eigenvalue weighted by Gasteiger charge is -1.97. The van der Waals surface area contributed by atoms with E-state index in [0.29, 0.717) is 8.67 Å². The first-order valence-electron chi connectivity index (χ1n) is 4.40. The summed E-state index contributed by atoms with van der Waals surface area (Å²) in [7, 11) is 4.00. The van der Waals surface area contributed by atoms with Gasteiger partial charge in [-0.25, -0.2) is 10.7 Å². The van der Waals surface area contributed by atoms with E-state index in [4.69, 9.17) is 0 Å². The second-order valence-corrected chi connectivity index (χ2v) is 12.6. The molecule has 0 aromatic heterocycles. The van der Waals surface area contributed by atoms with Crippen LogP contribution in [0.25, 0.3) is 0 Å². The first-order chi connectivity index (χ1) is 4.91. The topological polar surface area (TPSA) is 0 Å². The molecule has 0 fully saturated rings. The maximum Gasteiger partial charge on any atom is 0.0768 e. The predicted octanol–water partition coefficient (Wildman–Crippen LogP) is 1.47. The van der Waals surface area contributed by atoms with Crippen LogP contribution in [0.3, 0.4) is 0 Å². The molecule has 0 amide bonds. The molecule has 0 nitrogen and oxygen atoms in total. The van der Waals surface area contributed by atoms with Crippen molar-refractivity contribution in [3.05, 3.63) is 0 Å². The van der Waals surface area contributed by atoms with Gasteiger partial charge in [-0.15, -0.1) is 0 Å². The van der Waals surface area contributed by atoms with Gasteiger partial charge in [0.15, 0.2) is 0 Å².